The number of rotatable bonds is 3. The lowest BCUT2D eigenvalue weighted by Gasteiger charge is -2.19. The lowest BCUT2D eigenvalue weighted by Crippen LogP contribution is -2.26. The van der Waals surface area contributed by atoms with Crippen LogP contribution in [0.4, 0.5) is 10.1 Å². The Hall–Kier alpha value is -1.49. The Morgan fingerprint density at radius 2 is 2.12 bits per heavy atom. The predicted molar refractivity (Wildman–Crippen MR) is 62.2 cm³/mol. The number of hydrogen-bond donors (Lipinski definition) is 1. The molecule has 0 amide bonds. The van der Waals surface area contributed by atoms with Crippen molar-refractivity contribution in [2.45, 2.75) is 25.7 Å². The van der Waals surface area contributed by atoms with Crippen LogP contribution >= 0.6 is 0 Å². The molecule has 0 spiro atoms. The molecular weight excluding hydrogens is 223 g/mol. The summed E-state index contributed by atoms with van der Waals surface area (Å²) in [6.45, 7) is 4.30. The average molecular weight is 238 g/mol. The third-order valence-corrected chi connectivity index (χ3v) is 3.95. The molecule has 4 nitrogen and oxygen atoms in total. The van der Waals surface area contributed by atoms with Crippen LogP contribution in [-0.4, -0.2) is 11.5 Å². The van der Waals surface area contributed by atoms with Crippen molar-refractivity contribution in [3.8, 4) is 0 Å². The fourth-order valence-electron chi connectivity index (χ4n) is 2.66. The van der Waals surface area contributed by atoms with E-state index in [1.54, 1.807) is 6.07 Å². The van der Waals surface area contributed by atoms with Crippen LogP contribution in [0.2, 0.25) is 0 Å². The SMILES string of the molecule is CC1(C)CC1(CN)c1cccc([N+](=O)[O-])c1F. The summed E-state index contributed by atoms with van der Waals surface area (Å²) in [6.07, 6.45) is 0.759. The van der Waals surface area contributed by atoms with Crippen LogP contribution in [0.25, 0.3) is 0 Å². The van der Waals surface area contributed by atoms with Gasteiger partial charge >= 0.3 is 5.69 Å². The lowest BCUT2D eigenvalue weighted by atomic mass is 9.87. The van der Waals surface area contributed by atoms with Gasteiger partial charge in [-0.3, -0.25) is 10.1 Å². The average Bonchev–Trinajstić information content (AvgIpc) is 2.82. The van der Waals surface area contributed by atoms with Crippen LogP contribution < -0.4 is 5.73 Å². The zero-order valence-electron chi connectivity index (χ0n) is 9.87. The van der Waals surface area contributed by atoms with E-state index in [0.29, 0.717) is 12.1 Å². The molecule has 0 saturated heterocycles. The quantitative estimate of drug-likeness (QED) is 0.649. The molecule has 0 aromatic heterocycles. The molecule has 1 aromatic carbocycles. The smallest absolute Gasteiger partial charge is 0.305 e. The molecular formula is C12H15FN2O2. The van der Waals surface area contributed by atoms with Gasteiger partial charge in [0.2, 0.25) is 5.82 Å². The first kappa shape index (κ1) is 12.0. The molecule has 5 heteroatoms. The molecule has 1 aliphatic carbocycles. The molecule has 1 aromatic rings. The van der Waals surface area contributed by atoms with Crippen LogP contribution in [0.15, 0.2) is 18.2 Å². The van der Waals surface area contributed by atoms with E-state index in [1.807, 2.05) is 13.8 Å². The Labute approximate surface area is 98.8 Å². The molecule has 1 fully saturated rings. The highest BCUT2D eigenvalue weighted by Gasteiger charge is 2.62. The van der Waals surface area contributed by atoms with E-state index >= 15 is 0 Å². The number of benzene rings is 1. The lowest BCUT2D eigenvalue weighted by molar-refractivity contribution is -0.387. The zero-order valence-corrected chi connectivity index (χ0v) is 9.87. The van der Waals surface area contributed by atoms with Gasteiger partial charge in [0.1, 0.15) is 0 Å². The van der Waals surface area contributed by atoms with Crippen LogP contribution in [0.3, 0.4) is 0 Å². The molecule has 0 aliphatic heterocycles. The van der Waals surface area contributed by atoms with Crippen LogP contribution in [0, 0.1) is 21.3 Å². The standard InChI is InChI=1S/C12H15FN2O2/c1-11(2)6-12(11,7-14)8-4-3-5-9(10(8)13)15(16)17/h3-5H,6-7,14H2,1-2H3. The van der Waals surface area contributed by atoms with Crippen molar-refractivity contribution in [3.05, 3.63) is 39.7 Å². The van der Waals surface area contributed by atoms with Crippen molar-refractivity contribution < 1.29 is 9.31 Å². The molecule has 1 saturated carbocycles. The van der Waals surface area contributed by atoms with E-state index in [2.05, 4.69) is 0 Å². The van der Waals surface area contributed by atoms with Crippen LogP contribution in [0.5, 0.6) is 0 Å². The van der Waals surface area contributed by atoms with Gasteiger partial charge in [-0.15, -0.1) is 0 Å². The molecule has 1 atom stereocenters. The summed E-state index contributed by atoms with van der Waals surface area (Å²) in [5, 5.41) is 10.7. The predicted octanol–water partition coefficient (Wildman–Crippen LogP) is 2.36. The molecule has 2 rings (SSSR count). The highest BCUT2D eigenvalue weighted by Crippen LogP contribution is 2.64. The largest absolute Gasteiger partial charge is 0.330 e. The summed E-state index contributed by atoms with van der Waals surface area (Å²) < 4.78 is 14.1. The number of nitrogens with zero attached hydrogens (tertiary/aromatic N) is 1. The fourth-order valence-corrected chi connectivity index (χ4v) is 2.66. The van der Waals surface area contributed by atoms with E-state index in [1.165, 1.54) is 12.1 Å². The minimum absolute atomic E-state index is 0.0994. The Morgan fingerprint density at radius 3 is 2.53 bits per heavy atom. The number of halogens is 1. The van der Waals surface area contributed by atoms with E-state index in [4.69, 9.17) is 5.73 Å². The van der Waals surface area contributed by atoms with Gasteiger partial charge in [-0.25, -0.2) is 0 Å². The van der Waals surface area contributed by atoms with Crippen molar-refractivity contribution in [2.24, 2.45) is 11.1 Å². The summed E-state index contributed by atoms with van der Waals surface area (Å²) in [5.74, 6) is -0.742. The second-order valence-electron chi connectivity index (χ2n) is 5.24. The number of nitro benzene ring substituents is 1. The van der Waals surface area contributed by atoms with Crippen molar-refractivity contribution >= 4 is 5.69 Å². The first-order valence-electron chi connectivity index (χ1n) is 5.49. The Bertz CT molecular complexity index is 487. The maximum absolute atomic E-state index is 14.1. The molecule has 0 heterocycles. The van der Waals surface area contributed by atoms with Gasteiger partial charge in [0.15, 0.2) is 0 Å². The van der Waals surface area contributed by atoms with Gasteiger partial charge < -0.3 is 5.73 Å². The summed E-state index contributed by atoms with van der Waals surface area (Å²) in [7, 11) is 0. The fraction of sp³-hybridized carbons (Fsp3) is 0.500. The van der Waals surface area contributed by atoms with Gasteiger partial charge in [0.25, 0.3) is 0 Å². The molecule has 2 N–H and O–H groups in total. The minimum atomic E-state index is -0.742. The van der Waals surface area contributed by atoms with Crippen molar-refractivity contribution in [1.29, 1.82) is 0 Å². The summed E-state index contributed by atoms with van der Waals surface area (Å²) in [6, 6.07) is 4.30. The topological polar surface area (TPSA) is 69.2 Å². The van der Waals surface area contributed by atoms with E-state index in [-0.39, 0.29) is 5.41 Å². The summed E-state index contributed by atoms with van der Waals surface area (Å²) >= 11 is 0. The third-order valence-electron chi connectivity index (χ3n) is 3.95. The molecule has 1 unspecified atom stereocenters. The van der Waals surface area contributed by atoms with Crippen LogP contribution in [-0.2, 0) is 5.41 Å². The molecule has 0 bridgehead atoms. The highest BCUT2D eigenvalue weighted by molar-refractivity contribution is 5.46. The first-order chi connectivity index (χ1) is 7.85. The van der Waals surface area contributed by atoms with Gasteiger partial charge in [0.05, 0.1) is 4.92 Å². The molecule has 0 radical (unpaired) electrons. The second-order valence-corrected chi connectivity index (χ2v) is 5.24. The number of hydrogen-bond acceptors (Lipinski definition) is 3. The monoisotopic (exact) mass is 238 g/mol. The maximum Gasteiger partial charge on any atom is 0.305 e. The minimum Gasteiger partial charge on any atom is -0.330 e. The Kier molecular flexibility index (Phi) is 2.47. The third kappa shape index (κ3) is 1.53. The molecule has 92 valence electrons. The number of nitro groups is 1. The zero-order chi connectivity index (χ0) is 12.8. The van der Waals surface area contributed by atoms with Crippen molar-refractivity contribution in [2.75, 3.05) is 6.54 Å². The summed E-state index contributed by atoms with van der Waals surface area (Å²) in [4.78, 5) is 10.0. The van der Waals surface area contributed by atoms with Crippen LogP contribution in [0.1, 0.15) is 25.8 Å². The maximum atomic E-state index is 14.1. The van der Waals surface area contributed by atoms with E-state index in [9.17, 15) is 14.5 Å². The van der Waals surface area contributed by atoms with Gasteiger partial charge in [-0.05, 0) is 11.8 Å². The van der Waals surface area contributed by atoms with Gasteiger partial charge in [-0.2, -0.15) is 4.39 Å². The normalized spacial score (nSPS) is 25.6. The first-order valence-corrected chi connectivity index (χ1v) is 5.49. The highest BCUT2D eigenvalue weighted by atomic mass is 19.1. The Balaban J connectivity index is 2.55. The van der Waals surface area contributed by atoms with E-state index in [0.717, 1.165) is 6.42 Å². The number of nitrogens with two attached hydrogens (primary N) is 1. The molecule has 1 aliphatic rings. The Morgan fingerprint density at radius 1 is 1.53 bits per heavy atom. The van der Waals surface area contributed by atoms with Gasteiger partial charge in [-0.1, -0.05) is 26.0 Å². The molecule has 17 heavy (non-hydrogen) atoms. The second kappa shape index (κ2) is 3.50. The summed E-state index contributed by atoms with van der Waals surface area (Å²) in [5.41, 5.74) is 5.08. The van der Waals surface area contributed by atoms with Crippen molar-refractivity contribution in [1.82, 2.24) is 0 Å². The van der Waals surface area contributed by atoms with E-state index < -0.39 is 21.8 Å². The van der Waals surface area contributed by atoms with Gasteiger partial charge in [0, 0.05) is 23.6 Å². The van der Waals surface area contributed by atoms with Crippen molar-refractivity contribution in [3.63, 3.8) is 0 Å².